The quantitative estimate of drug-likeness (QED) is 0.762. The Labute approximate surface area is 170 Å². The van der Waals surface area contributed by atoms with Crippen molar-refractivity contribution in [3.63, 3.8) is 0 Å². The van der Waals surface area contributed by atoms with Gasteiger partial charge in [-0.25, -0.2) is 15.0 Å². The molecule has 0 radical (unpaired) electrons. The molecule has 9 heteroatoms. The summed E-state index contributed by atoms with van der Waals surface area (Å²) in [5.41, 5.74) is 7.09. The van der Waals surface area contributed by atoms with Crippen LogP contribution < -0.4 is 20.4 Å². The van der Waals surface area contributed by atoms with Gasteiger partial charge in [-0.2, -0.15) is 0 Å². The average molecular weight is 397 g/mol. The fourth-order valence-electron chi connectivity index (χ4n) is 4.06. The molecule has 0 bridgehead atoms. The van der Waals surface area contributed by atoms with E-state index < -0.39 is 0 Å². The average Bonchev–Trinajstić information content (AvgIpc) is 2.79. The van der Waals surface area contributed by atoms with Gasteiger partial charge in [0.1, 0.15) is 17.8 Å². The normalized spacial score (nSPS) is 18.0. The number of piperidine rings is 1. The first-order chi connectivity index (χ1) is 14.2. The second-order valence-electron chi connectivity index (χ2n) is 7.38. The van der Waals surface area contributed by atoms with Gasteiger partial charge in [0.25, 0.3) is 0 Å². The Morgan fingerprint density at radius 1 is 0.966 bits per heavy atom. The van der Waals surface area contributed by atoms with Gasteiger partial charge in [0.15, 0.2) is 11.6 Å². The lowest BCUT2D eigenvalue weighted by Crippen LogP contribution is -2.47. The van der Waals surface area contributed by atoms with Crippen LogP contribution in [0, 0.1) is 5.92 Å². The van der Waals surface area contributed by atoms with E-state index in [0.29, 0.717) is 5.69 Å². The Bertz CT molecular complexity index is 832. The smallest absolute Gasteiger partial charge is 0.308 e. The number of carbonyl (C=O) groups is 1. The first kappa shape index (κ1) is 19.2. The van der Waals surface area contributed by atoms with Crippen LogP contribution in [0.5, 0.6) is 0 Å². The molecule has 2 aliphatic rings. The van der Waals surface area contributed by atoms with Gasteiger partial charge >= 0.3 is 5.97 Å². The van der Waals surface area contributed by atoms with Crippen molar-refractivity contribution in [3.8, 4) is 0 Å². The number of nitrogens with two attached hydrogens (primary N) is 1. The predicted octanol–water partition coefficient (Wildman–Crippen LogP) is 1.17. The zero-order valence-corrected chi connectivity index (χ0v) is 16.7. The highest BCUT2D eigenvalue weighted by atomic mass is 16.5. The first-order valence-electron chi connectivity index (χ1n) is 10.0. The Kier molecular flexibility index (Phi) is 5.64. The number of hydrogen-bond acceptors (Lipinski definition) is 9. The number of ether oxygens (including phenoxy) is 1. The molecule has 0 atom stereocenters. The van der Waals surface area contributed by atoms with Crippen molar-refractivity contribution in [2.45, 2.75) is 12.8 Å². The largest absolute Gasteiger partial charge is 0.469 e. The number of piperazine rings is 1. The third kappa shape index (κ3) is 4.03. The van der Waals surface area contributed by atoms with Crippen LogP contribution in [0.15, 0.2) is 30.7 Å². The van der Waals surface area contributed by atoms with Gasteiger partial charge in [-0.15, -0.1) is 0 Å². The molecule has 2 aromatic rings. The second kappa shape index (κ2) is 8.50. The van der Waals surface area contributed by atoms with Crippen LogP contribution in [0.25, 0.3) is 0 Å². The maximum absolute atomic E-state index is 11.8. The summed E-state index contributed by atoms with van der Waals surface area (Å²) in [6.07, 6.45) is 4.89. The van der Waals surface area contributed by atoms with E-state index in [1.54, 1.807) is 6.33 Å². The number of aromatic nitrogens is 3. The van der Waals surface area contributed by atoms with Crippen LogP contribution in [-0.4, -0.2) is 67.3 Å². The van der Waals surface area contributed by atoms with Crippen LogP contribution >= 0.6 is 0 Å². The lowest BCUT2D eigenvalue weighted by molar-refractivity contribution is -0.146. The van der Waals surface area contributed by atoms with Crippen LogP contribution in [-0.2, 0) is 9.53 Å². The standard InChI is InChI=1S/C20H27N7O2/c1-29-20(28)15-5-8-26(9-6-15)18-17(21)19(24-14-23-18)27-12-10-25(11-13-27)16-4-2-3-7-22-16/h2-4,7,14-15H,5-6,8-13,21H2,1H3. The summed E-state index contributed by atoms with van der Waals surface area (Å²) in [6.45, 7) is 4.83. The van der Waals surface area contributed by atoms with Crippen molar-refractivity contribution in [2.75, 3.05) is 66.8 Å². The summed E-state index contributed by atoms with van der Waals surface area (Å²) in [7, 11) is 1.44. The Morgan fingerprint density at radius 2 is 1.59 bits per heavy atom. The molecule has 0 aliphatic carbocycles. The summed E-state index contributed by atoms with van der Waals surface area (Å²) in [6, 6.07) is 5.97. The van der Waals surface area contributed by atoms with E-state index >= 15 is 0 Å². The summed E-state index contributed by atoms with van der Waals surface area (Å²) in [4.78, 5) is 31.7. The molecule has 4 heterocycles. The van der Waals surface area contributed by atoms with E-state index in [0.717, 1.165) is 69.6 Å². The number of methoxy groups -OCH3 is 1. The van der Waals surface area contributed by atoms with Crippen LogP contribution in [0.4, 0.5) is 23.1 Å². The van der Waals surface area contributed by atoms with Crippen LogP contribution in [0.2, 0.25) is 0 Å². The molecular weight excluding hydrogens is 370 g/mol. The highest BCUT2D eigenvalue weighted by Crippen LogP contribution is 2.32. The highest BCUT2D eigenvalue weighted by molar-refractivity contribution is 5.77. The van der Waals surface area contributed by atoms with Crippen LogP contribution in [0.3, 0.4) is 0 Å². The molecule has 2 aliphatic heterocycles. The lowest BCUT2D eigenvalue weighted by Gasteiger charge is -2.37. The van der Waals surface area contributed by atoms with Gasteiger partial charge in [-0.1, -0.05) is 6.07 Å². The molecule has 0 spiro atoms. The number of carbonyl (C=O) groups excluding carboxylic acids is 1. The number of pyridine rings is 1. The molecule has 9 nitrogen and oxygen atoms in total. The summed E-state index contributed by atoms with van der Waals surface area (Å²) >= 11 is 0. The van der Waals surface area contributed by atoms with Crippen molar-refractivity contribution < 1.29 is 9.53 Å². The second-order valence-corrected chi connectivity index (χ2v) is 7.38. The van der Waals surface area contributed by atoms with Gasteiger partial charge in [0, 0.05) is 45.5 Å². The maximum Gasteiger partial charge on any atom is 0.308 e. The summed E-state index contributed by atoms with van der Waals surface area (Å²) < 4.78 is 4.87. The zero-order chi connectivity index (χ0) is 20.2. The predicted molar refractivity (Wildman–Crippen MR) is 112 cm³/mol. The molecule has 0 amide bonds. The monoisotopic (exact) mass is 397 g/mol. The van der Waals surface area contributed by atoms with E-state index in [4.69, 9.17) is 10.5 Å². The van der Waals surface area contributed by atoms with E-state index in [2.05, 4.69) is 29.7 Å². The topological polar surface area (TPSA) is 101 Å². The molecule has 0 saturated carbocycles. The van der Waals surface area contributed by atoms with Crippen molar-refractivity contribution in [3.05, 3.63) is 30.7 Å². The van der Waals surface area contributed by atoms with Gasteiger partial charge < -0.3 is 25.2 Å². The molecule has 4 rings (SSSR count). The SMILES string of the molecule is COC(=O)C1CCN(c2ncnc(N3CCN(c4ccccn4)CC3)c2N)CC1. The molecule has 2 saturated heterocycles. The van der Waals surface area contributed by atoms with E-state index in [-0.39, 0.29) is 11.9 Å². The Hall–Kier alpha value is -3.10. The first-order valence-corrected chi connectivity index (χ1v) is 10.0. The minimum absolute atomic E-state index is 0.0431. The molecule has 0 aromatic carbocycles. The number of esters is 1. The number of hydrogen-bond donors (Lipinski definition) is 1. The summed E-state index contributed by atoms with van der Waals surface area (Å²) in [5.74, 6) is 2.36. The lowest BCUT2D eigenvalue weighted by atomic mass is 9.97. The van der Waals surface area contributed by atoms with E-state index in [9.17, 15) is 4.79 Å². The molecule has 2 N–H and O–H groups in total. The number of nitrogens with zero attached hydrogens (tertiary/aromatic N) is 6. The van der Waals surface area contributed by atoms with E-state index in [1.165, 1.54) is 7.11 Å². The molecule has 2 fully saturated rings. The van der Waals surface area contributed by atoms with Crippen molar-refractivity contribution in [1.82, 2.24) is 15.0 Å². The Morgan fingerprint density at radius 3 is 2.17 bits per heavy atom. The van der Waals surface area contributed by atoms with Crippen molar-refractivity contribution in [1.29, 1.82) is 0 Å². The third-order valence-electron chi connectivity index (χ3n) is 5.72. The van der Waals surface area contributed by atoms with Crippen molar-refractivity contribution in [2.24, 2.45) is 5.92 Å². The fraction of sp³-hybridized carbons (Fsp3) is 0.500. The molecule has 2 aromatic heterocycles. The maximum atomic E-state index is 11.8. The zero-order valence-electron chi connectivity index (χ0n) is 16.7. The van der Waals surface area contributed by atoms with Gasteiger partial charge in [-0.3, -0.25) is 4.79 Å². The third-order valence-corrected chi connectivity index (χ3v) is 5.72. The fourth-order valence-corrected chi connectivity index (χ4v) is 4.06. The minimum Gasteiger partial charge on any atom is -0.469 e. The number of anilines is 4. The van der Waals surface area contributed by atoms with Crippen molar-refractivity contribution >= 4 is 29.1 Å². The Balaban J connectivity index is 1.42. The molecule has 154 valence electrons. The molecule has 0 unspecified atom stereocenters. The molecule has 29 heavy (non-hydrogen) atoms. The van der Waals surface area contributed by atoms with Gasteiger partial charge in [0.05, 0.1) is 13.0 Å². The number of nitrogen functional groups attached to an aromatic ring is 1. The number of rotatable bonds is 4. The van der Waals surface area contributed by atoms with Crippen LogP contribution in [0.1, 0.15) is 12.8 Å². The highest BCUT2D eigenvalue weighted by Gasteiger charge is 2.29. The van der Waals surface area contributed by atoms with Gasteiger partial charge in [-0.05, 0) is 25.0 Å². The molecular formula is C20H27N7O2. The van der Waals surface area contributed by atoms with Gasteiger partial charge in [0.2, 0.25) is 0 Å². The van der Waals surface area contributed by atoms with E-state index in [1.807, 2.05) is 24.4 Å². The summed E-state index contributed by atoms with van der Waals surface area (Å²) in [5, 5.41) is 0. The minimum atomic E-state index is -0.133.